The maximum atomic E-state index is 12.4. The Morgan fingerprint density at radius 1 is 1.08 bits per heavy atom. The minimum atomic E-state index is -3.59. The standard InChI is InChI=1S/C19H24N2O4S/c1-16(21(26(2,23)24)18-11-7-4-8-12-18)19(22)20-13-14-25-15-17-9-5-3-6-10-17/h3-12,16H,13-15H2,1-2H3,(H,20,22)/t16-/m0/s1. The van der Waals surface area contributed by atoms with Crippen molar-refractivity contribution in [3.05, 3.63) is 66.2 Å². The Morgan fingerprint density at radius 2 is 1.65 bits per heavy atom. The van der Waals surface area contributed by atoms with Crippen LogP contribution in [0.25, 0.3) is 0 Å². The average Bonchev–Trinajstić information content (AvgIpc) is 2.62. The lowest BCUT2D eigenvalue weighted by Gasteiger charge is -2.28. The highest BCUT2D eigenvalue weighted by Crippen LogP contribution is 2.20. The van der Waals surface area contributed by atoms with Crippen molar-refractivity contribution in [2.75, 3.05) is 23.7 Å². The van der Waals surface area contributed by atoms with Gasteiger partial charge in [-0.3, -0.25) is 9.10 Å². The Bertz CT molecular complexity index is 795. The van der Waals surface area contributed by atoms with Crippen molar-refractivity contribution in [3.63, 3.8) is 0 Å². The van der Waals surface area contributed by atoms with Gasteiger partial charge in [-0.1, -0.05) is 48.5 Å². The van der Waals surface area contributed by atoms with Gasteiger partial charge >= 0.3 is 0 Å². The van der Waals surface area contributed by atoms with Crippen LogP contribution in [-0.2, 0) is 26.2 Å². The van der Waals surface area contributed by atoms with E-state index in [0.717, 1.165) is 16.1 Å². The van der Waals surface area contributed by atoms with Crippen LogP contribution in [0.1, 0.15) is 12.5 Å². The second-order valence-corrected chi connectivity index (χ2v) is 7.76. The third-order valence-corrected chi connectivity index (χ3v) is 5.00. The number of carbonyl (C=O) groups is 1. The Morgan fingerprint density at radius 3 is 2.23 bits per heavy atom. The summed E-state index contributed by atoms with van der Waals surface area (Å²) in [5, 5.41) is 2.72. The molecule has 2 aromatic carbocycles. The van der Waals surface area contributed by atoms with E-state index >= 15 is 0 Å². The van der Waals surface area contributed by atoms with Crippen molar-refractivity contribution >= 4 is 21.6 Å². The Hall–Kier alpha value is -2.38. The van der Waals surface area contributed by atoms with E-state index in [1.165, 1.54) is 0 Å². The summed E-state index contributed by atoms with van der Waals surface area (Å²) in [6.45, 7) is 2.68. The number of hydrogen-bond acceptors (Lipinski definition) is 4. The summed E-state index contributed by atoms with van der Waals surface area (Å²) >= 11 is 0. The van der Waals surface area contributed by atoms with Gasteiger partial charge in [0.15, 0.2) is 0 Å². The van der Waals surface area contributed by atoms with E-state index < -0.39 is 16.1 Å². The van der Waals surface area contributed by atoms with E-state index in [9.17, 15) is 13.2 Å². The van der Waals surface area contributed by atoms with Gasteiger partial charge in [0.05, 0.1) is 25.2 Å². The zero-order chi connectivity index (χ0) is 19.0. The largest absolute Gasteiger partial charge is 0.375 e. The number of nitrogens with one attached hydrogen (secondary N) is 1. The number of nitrogens with zero attached hydrogens (tertiary/aromatic N) is 1. The fourth-order valence-corrected chi connectivity index (χ4v) is 3.72. The molecular weight excluding hydrogens is 352 g/mol. The monoisotopic (exact) mass is 376 g/mol. The maximum Gasteiger partial charge on any atom is 0.243 e. The van der Waals surface area contributed by atoms with Crippen LogP contribution < -0.4 is 9.62 Å². The summed E-state index contributed by atoms with van der Waals surface area (Å²) < 4.78 is 30.9. The topological polar surface area (TPSA) is 75.7 Å². The third kappa shape index (κ3) is 5.86. The molecule has 0 aliphatic rings. The first-order valence-electron chi connectivity index (χ1n) is 8.33. The van der Waals surface area contributed by atoms with Crippen LogP contribution >= 0.6 is 0 Å². The number of anilines is 1. The number of amides is 1. The van der Waals surface area contributed by atoms with Crippen molar-refractivity contribution < 1.29 is 17.9 Å². The first-order valence-corrected chi connectivity index (χ1v) is 10.2. The van der Waals surface area contributed by atoms with Crippen LogP contribution in [0, 0.1) is 0 Å². The third-order valence-electron chi connectivity index (χ3n) is 3.76. The lowest BCUT2D eigenvalue weighted by molar-refractivity contribution is -0.122. The summed E-state index contributed by atoms with van der Waals surface area (Å²) in [7, 11) is -3.59. The molecule has 26 heavy (non-hydrogen) atoms. The molecule has 0 aliphatic carbocycles. The van der Waals surface area contributed by atoms with Gasteiger partial charge < -0.3 is 10.1 Å². The number of hydrogen-bond donors (Lipinski definition) is 1. The van der Waals surface area contributed by atoms with Crippen LogP contribution in [0.5, 0.6) is 0 Å². The SMILES string of the molecule is C[C@@H](C(=O)NCCOCc1ccccc1)N(c1ccccc1)S(C)(=O)=O. The molecule has 1 N–H and O–H groups in total. The van der Waals surface area contributed by atoms with Gasteiger partial charge in [-0.05, 0) is 24.6 Å². The number of carbonyl (C=O) groups excluding carboxylic acids is 1. The molecule has 0 aliphatic heterocycles. The highest BCUT2D eigenvalue weighted by atomic mass is 32.2. The molecule has 0 saturated carbocycles. The minimum absolute atomic E-state index is 0.308. The fourth-order valence-electron chi connectivity index (χ4n) is 2.54. The predicted molar refractivity (Wildman–Crippen MR) is 102 cm³/mol. The predicted octanol–water partition coefficient (Wildman–Crippen LogP) is 2.17. The first-order chi connectivity index (χ1) is 12.4. The van der Waals surface area contributed by atoms with Gasteiger partial charge in [0, 0.05) is 6.54 Å². The maximum absolute atomic E-state index is 12.4. The van der Waals surface area contributed by atoms with Crippen molar-refractivity contribution in [2.45, 2.75) is 19.6 Å². The molecule has 0 bridgehead atoms. The molecule has 2 aromatic rings. The summed E-state index contributed by atoms with van der Waals surface area (Å²) in [6.07, 6.45) is 1.09. The molecule has 0 radical (unpaired) electrons. The van der Waals surface area contributed by atoms with Crippen molar-refractivity contribution in [2.24, 2.45) is 0 Å². The normalized spacial score (nSPS) is 12.4. The minimum Gasteiger partial charge on any atom is -0.375 e. The Kier molecular flexibility index (Phi) is 7.17. The van der Waals surface area contributed by atoms with Crippen molar-refractivity contribution in [1.29, 1.82) is 0 Å². The summed E-state index contributed by atoms with van der Waals surface area (Å²) in [6, 6.07) is 17.4. The van der Waals surface area contributed by atoms with Gasteiger partial charge in [0.2, 0.25) is 15.9 Å². The lowest BCUT2D eigenvalue weighted by Crippen LogP contribution is -2.48. The Labute approximate surface area is 154 Å². The zero-order valence-corrected chi connectivity index (χ0v) is 15.8. The van der Waals surface area contributed by atoms with Crippen LogP contribution in [0.2, 0.25) is 0 Å². The van der Waals surface area contributed by atoms with Crippen LogP contribution in [0.4, 0.5) is 5.69 Å². The van der Waals surface area contributed by atoms with E-state index in [0.29, 0.717) is 25.4 Å². The van der Waals surface area contributed by atoms with Gasteiger partial charge in [-0.25, -0.2) is 8.42 Å². The molecule has 0 fully saturated rings. The second kappa shape index (κ2) is 9.35. The molecule has 2 rings (SSSR count). The molecule has 1 atom stereocenters. The van der Waals surface area contributed by atoms with E-state index in [2.05, 4.69) is 5.32 Å². The average molecular weight is 376 g/mol. The van der Waals surface area contributed by atoms with E-state index in [1.54, 1.807) is 37.3 Å². The quantitative estimate of drug-likeness (QED) is 0.681. The molecule has 7 heteroatoms. The van der Waals surface area contributed by atoms with E-state index in [4.69, 9.17) is 4.74 Å². The van der Waals surface area contributed by atoms with Crippen molar-refractivity contribution in [3.8, 4) is 0 Å². The lowest BCUT2D eigenvalue weighted by atomic mass is 10.2. The molecule has 0 heterocycles. The van der Waals surface area contributed by atoms with E-state index in [1.807, 2.05) is 30.3 Å². The van der Waals surface area contributed by atoms with Crippen molar-refractivity contribution in [1.82, 2.24) is 5.32 Å². The molecule has 1 amide bonds. The van der Waals surface area contributed by atoms with Gasteiger partial charge in [0.25, 0.3) is 0 Å². The highest BCUT2D eigenvalue weighted by molar-refractivity contribution is 7.92. The molecule has 6 nitrogen and oxygen atoms in total. The summed E-state index contributed by atoms with van der Waals surface area (Å²) in [4.78, 5) is 12.4. The van der Waals surface area contributed by atoms with Gasteiger partial charge in [0.1, 0.15) is 6.04 Å². The fraction of sp³-hybridized carbons (Fsp3) is 0.316. The van der Waals surface area contributed by atoms with Crippen LogP contribution in [0.3, 0.4) is 0 Å². The molecule has 0 aromatic heterocycles. The van der Waals surface area contributed by atoms with Gasteiger partial charge in [-0.2, -0.15) is 0 Å². The summed E-state index contributed by atoms with van der Waals surface area (Å²) in [5.74, 6) is -0.373. The number of ether oxygens (including phenoxy) is 1. The number of benzene rings is 2. The molecule has 0 saturated heterocycles. The second-order valence-electron chi connectivity index (χ2n) is 5.90. The smallest absolute Gasteiger partial charge is 0.243 e. The number of rotatable bonds is 9. The van der Waals surface area contributed by atoms with Crippen LogP contribution in [-0.4, -0.2) is 39.8 Å². The highest BCUT2D eigenvalue weighted by Gasteiger charge is 2.28. The van der Waals surface area contributed by atoms with Crippen LogP contribution in [0.15, 0.2) is 60.7 Å². The molecule has 140 valence electrons. The summed E-state index contributed by atoms with van der Waals surface area (Å²) in [5.41, 5.74) is 1.51. The first kappa shape index (κ1) is 19.9. The Balaban J connectivity index is 1.87. The molecular formula is C19H24N2O4S. The van der Waals surface area contributed by atoms with E-state index in [-0.39, 0.29) is 5.91 Å². The molecule has 0 spiro atoms. The number of para-hydroxylation sites is 1. The van der Waals surface area contributed by atoms with Gasteiger partial charge in [-0.15, -0.1) is 0 Å². The number of sulfonamides is 1. The zero-order valence-electron chi connectivity index (χ0n) is 15.0. The molecule has 0 unspecified atom stereocenters.